The monoisotopic (exact) mass is 450 g/mol. The highest BCUT2D eigenvalue weighted by atomic mass is 32.2. The number of rotatable bonds is 8. The fourth-order valence-corrected chi connectivity index (χ4v) is 3.32. The predicted molar refractivity (Wildman–Crippen MR) is 123 cm³/mol. The lowest BCUT2D eigenvalue weighted by molar-refractivity contribution is -0.118. The van der Waals surface area contributed by atoms with Crippen LogP contribution in [0.2, 0.25) is 0 Å². The lowest BCUT2D eigenvalue weighted by atomic mass is 10.1. The maximum absolute atomic E-state index is 12.3. The number of ether oxygens (including phenoxy) is 2. The third-order valence-electron chi connectivity index (χ3n) is 4.50. The SMILES string of the molecule is CCOc1cc(-c2nc(SC)[nH]c(=O)c2C#N)ccc1OCC(=O)Nc1ccccc1C. The van der Waals surface area contributed by atoms with E-state index in [-0.39, 0.29) is 23.8 Å². The third-order valence-corrected chi connectivity index (χ3v) is 5.08. The van der Waals surface area contributed by atoms with E-state index in [0.29, 0.717) is 28.8 Å². The van der Waals surface area contributed by atoms with Crippen LogP contribution in [0.1, 0.15) is 18.1 Å². The lowest BCUT2D eigenvalue weighted by Crippen LogP contribution is -2.20. The van der Waals surface area contributed by atoms with Crippen LogP contribution in [0.4, 0.5) is 5.69 Å². The molecule has 1 amide bonds. The van der Waals surface area contributed by atoms with Crippen molar-refractivity contribution in [3.63, 3.8) is 0 Å². The summed E-state index contributed by atoms with van der Waals surface area (Å²) in [6.07, 6.45) is 1.78. The molecule has 0 atom stereocenters. The Kier molecular flexibility index (Phi) is 7.52. The van der Waals surface area contributed by atoms with Gasteiger partial charge in [-0.3, -0.25) is 9.59 Å². The second kappa shape index (κ2) is 10.5. The number of amides is 1. The summed E-state index contributed by atoms with van der Waals surface area (Å²) in [7, 11) is 0. The molecule has 0 aliphatic heterocycles. The van der Waals surface area contributed by atoms with Crippen molar-refractivity contribution in [3.8, 4) is 28.8 Å². The number of aromatic amines is 1. The number of nitriles is 1. The van der Waals surface area contributed by atoms with E-state index in [1.807, 2.05) is 44.2 Å². The zero-order valence-electron chi connectivity index (χ0n) is 17.9. The highest BCUT2D eigenvalue weighted by molar-refractivity contribution is 7.98. The molecule has 0 saturated heterocycles. The lowest BCUT2D eigenvalue weighted by Gasteiger charge is -2.14. The summed E-state index contributed by atoms with van der Waals surface area (Å²) in [5.41, 5.74) is 1.86. The number of aryl methyl sites for hydroxylation is 1. The van der Waals surface area contributed by atoms with Crippen molar-refractivity contribution in [2.24, 2.45) is 0 Å². The Bertz CT molecular complexity index is 1230. The summed E-state index contributed by atoms with van der Waals surface area (Å²) in [5.74, 6) is 0.438. The maximum atomic E-state index is 12.3. The molecular formula is C23H22N4O4S. The van der Waals surface area contributed by atoms with Gasteiger partial charge in [0.05, 0.1) is 12.3 Å². The van der Waals surface area contributed by atoms with Gasteiger partial charge in [-0.15, -0.1) is 0 Å². The molecule has 32 heavy (non-hydrogen) atoms. The fraction of sp³-hybridized carbons (Fsp3) is 0.217. The molecule has 0 spiro atoms. The van der Waals surface area contributed by atoms with Gasteiger partial charge < -0.3 is 19.8 Å². The number of anilines is 1. The smallest absolute Gasteiger partial charge is 0.270 e. The van der Waals surface area contributed by atoms with Crippen molar-refractivity contribution in [3.05, 3.63) is 63.9 Å². The number of hydrogen-bond acceptors (Lipinski definition) is 7. The Balaban J connectivity index is 1.85. The number of carbonyl (C=O) groups is 1. The molecule has 1 aromatic heterocycles. The van der Waals surface area contributed by atoms with Gasteiger partial charge in [0, 0.05) is 11.3 Å². The van der Waals surface area contributed by atoms with E-state index in [2.05, 4.69) is 15.3 Å². The van der Waals surface area contributed by atoms with Gasteiger partial charge in [-0.1, -0.05) is 30.0 Å². The highest BCUT2D eigenvalue weighted by Gasteiger charge is 2.16. The molecule has 0 saturated carbocycles. The minimum absolute atomic E-state index is 0.0866. The third kappa shape index (κ3) is 5.28. The van der Waals surface area contributed by atoms with Crippen molar-refractivity contribution in [2.75, 3.05) is 24.8 Å². The van der Waals surface area contributed by atoms with Gasteiger partial charge in [0.15, 0.2) is 23.3 Å². The molecule has 0 unspecified atom stereocenters. The van der Waals surface area contributed by atoms with Crippen molar-refractivity contribution < 1.29 is 14.3 Å². The standard InChI is InChI=1S/C23H22N4O4S/c1-4-30-19-11-15(21-16(12-24)22(29)27-23(26-21)32-3)9-10-18(19)31-13-20(28)25-17-8-6-5-7-14(17)2/h5-11H,4,13H2,1-3H3,(H,25,28)(H,26,27,29). The molecule has 0 aliphatic carbocycles. The molecule has 8 nitrogen and oxygen atoms in total. The summed E-state index contributed by atoms with van der Waals surface area (Å²) < 4.78 is 11.4. The molecule has 3 rings (SSSR count). The number of nitrogens with one attached hydrogen (secondary N) is 2. The second-order valence-electron chi connectivity index (χ2n) is 6.66. The number of carbonyl (C=O) groups excluding carboxylic acids is 1. The molecule has 1 heterocycles. The molecule has 2 N–H and O–H groups in total. The summed E-state index contributed by atoms with van der Waals surface area (Å²) in [4.78, 5) is 31.5. The molecular weight excluding hydrogens is 428 g/mol. The topological polar surface area (TPSA) is 117 Å². The van der Waals surface area contributed by atoms with Crippen molar-refractivity contribution >= 4 is 23.4 Å². The van der Waals surface area contributed by atoms with Crippen LogP contribution in [0.3, 0.4) is 0 Å². The van der Waals surface area contributed by atoms with E-state index in [9.17, 15) is 14.9 Å². The van der Waals surface area contributed by atoms with Crippen LogP contribution in [0.25, 0.3) is 11.3 Å². The van der Waals surface area contributed by atoms with Gasteiger partial charge in [0.1, 0.15) is 11.6 Å². The summed E-state index contributed by atoms with van der Waals surface area (Å²) in [6.45, 7) is 3.87. The van der Waals surface area contributed by atoms with Crippen LogP contribution >= 0.6 is 11.8 Å². The van der Waals surface area contributed by atoms with Crippen molar-refractivity contribution in [1.82, 2.24) is 9.97 Å². The highest BCUT2D eigenvalue weighted by Crippen LogP contribution is 2.33. The van der Waals surface area contributed by atoms with E-state index in [0.717, 1.165) is 11.3 Å². The van der Waals surface area contributed by atoms with Gasteiger partial charge in [-0.2, -0.15) is 5.26 Å². The maximum Gasteiger partial charge on any atom is 0.270 e. The first kappa shape index (κ1) is 22.9. The summed E-state index contributed by atoms with van der Waals surface area (Å²) in [5, 5.41) is 12.6. The minimum Gasteiger partial charge on any atom is -0.490 e. The Morgan fingerprint density at radius 2 is 2.00 bits per heavy atom. The first-order chi connectivity index (χ1) is 15.5. The Hall–Kier alpha value is -3.77. The first-order valence-corrected chi connectivity index (χ1v) is 11.0. The predicted octanol–water partition coefficient (Wildman–Crippen LogP) is 3.76. The van der Waals surface area contributed by atoms with Gasteiger partial charge in [-0.25, -0.2) is 4.98 Å². The Morgan fingerprint density at radius 3 is 2.69 bits per heavy atom. The van der Waals surface area contributed by atoms with Crippen LogP contribution in [0.5, 0.6) is 11.5 Å². The van der Waals surface area contributed by atoms with Crippen molar-refractivity contribution in [1.29, 1.82) is 5.26 Å². The zero-order chi connectivity index (χ0) is 23.1. The Morgan fingerprint density at radius 1 is 1.22 bits per heavy atom. The largest absolute Gasteiger partial charge is 0.490 e. The molecule has 0 radical (unpaired) electrons. The summed E-state index contributed by atoms with van der Waals surface area (Å²) in [6, 6.07) is 14.3. The zero-order valence-corrected chi connectivity index (χ0v) is 18.7. The molecule has 164 valence electrons. The number of thioether (sulfide) groups is 1. The average molecular weight is 451 g/mol. The molecule has 0 fully saturated rings. The average Bonchev–Trinajstić information content (AvgIpc) is 2.79. The van der Waals surface area contributed by atoms with Gasteiger partial charge in [0.2, 0.25) is 0 Å². The van der Waals surface area contributed by atoms with Gasteiger partial charge in [-0.05, 0) is 49.9 Å². The molecule has 3 aromatic rings. The van der Waals surface area contributed by atoms with Crippen molar-refractivity contribution in [2.45, 2.75) is 19.0 Å². The number of nitrogens with zero attached hydrogens (tertiary/aromatic N) is 2. The van der Waals surface area contributed by atoms with Crippen LogP contribution in [0, 0.1) is 18.3 Å². The fourth-order valence-electron chi connectivity index (χ4n) is 2.95. The number of H-pyrrole nitrogens is 1. The van der Waals surface area contributed by atoms with Gasteiger partial charge in [0.25, 0.3) is 11.5 Å². The van der Waals surface area contributed by atoms with Crippen LogP contribution in [-0.2, 0) is 4.79 Å². The van der Waals surface area contributed by atoms with E-state index < -0.39 is 5.56 Å². The van der Waals surface area contributed by atoms with E-state index in [1.54, 1.807) is 24.5 Å². The summed E-state index contributed by atoms with van der Waals surface area (Å²) >= 11 is 1.27. The normalized spacial score (nSPS) is 10.3. The van der Waals surface area contributed by atoms with Crippen LogP contribution in [0.15, 0.2) is 52.4 Å². The first-order valence-electron chi connectivity index (χ1n) is 9.80. The second-order valence-corrected chi connectivity index (χ2v) is 7.45. The molecule has 2 aromatic carbocycles. The molecule has 0 bridgehead atoms. The van der Waals surface area contributed by atoms with E-state index >= 15 is 0 Å². The number of aromatic nitrogens is 2. The quantitative estimate of drug-likeness (QED) is 0.396. The number of hydrogen-bond donors (Lipinski definition) is 2. The van der Waals surface area contributed by atoms with Gasteiger partial charge >= 0.3 is 0 Å². The number of para-hydroxylation sites is 1. The number of benzene rings is 2. The Labute approximate surface area is 189 Å². The van der Waals surface area contributed by atoms with Crippen LogP contribution in [-0.4, -0.2) is 35.3 Å². The molecule has 9 heteroatoms. The minimum atomic E-state index is -0.506. The molecule has 0 aliphatic rings. The van der Waals surface area contributed by atoms with E-state index in [1.165, 1.54) is 11.8 Å². The van der Waals surface area contributed by atoms with E-state index in [4.69, 9.17) is 9.47 Å². The van der Waals surface area contributed by atoms with Crippen LogP contribution < -0.4 is 20.3 Å².